The lowest BCUT2D eigenvalue weighted by Gasteiger charge is -2.24. The zero-order chi connectivity index (χ0) is 37.3. The summed E-state index contributed by atoms with van der Waals surface area (Å²) in [4.78, 5) is 57.7. The summed E-state index contributed by atoms with van der Waals surface area (Å²) in [7, 11) is 0. The van der Waals surface area contributed by atoms with Crippen molar-refractivity contribution >= 4 is 23.6 Å². The highest BCUT2D eigenvalue weighted by Gasteiger charge is 2.28. The van der Waals surface area contributed by atoms with Crippen molar-refractivity contribution in [3.63, 3.8) is 0 Å². The van der Waals surface area contributed by atoms with E-state index in [1.54, 1.807) is 0 Å². The van der Waals surface area contributed by atoms with Crippen LogP contribution in [0, 0.1) is 0 Å². The summed E-state index contributed by atoms with van der Waals surface area (Å²) in [5.74, 6) is 2.69. The van der Waals surface area contributed by atoms with Crippen LogP contribution >= 0.6 is 0 Å². The third-order valence-electron chi connectivity index (χ3n) is 10.6. The van der Waals surface area contributed by atoms with E-state index < -0.39 is 0 Å². The van der Waals surface area contributed by atoms with Crippen molar-refractivity contribution in [2.45, 2.75) is 77.5 Å². The molecule has 4 fully saturated rings. The van der Waals surface area contributed by atoms with E-state index in [2.05, 4.69) is 0 Å². The second-order valence-corrected chi connectivity index (χ2v) is 14.4. The molecule has 0 aliphatic carbocycles. The molecule has 0 spiro atoms. The lowest BCUT2D eigenvalue weighted by Crippen LogP contribution is -2.27. The van der Waals surface area contributed by atoms with Crippen molar-refractivity contribution in [2.24, 2.45) is 0 Å². The number of hydrogen-bond acceptors (Lipinski definition) is 10. The molecule has 2 aromatic carbocycles. The second-order valence-electron chi connectivity index (χ2n) is 14.4. The molecule has 5 aliphatic heterocycles. The van der Waals surface area contributed by atoms with Gasteiger partial charge in [-0.1, -0.05) is 0 Å². The molecule has 4 saturated heterocycles. The maximum Gasteiger partial charge on any atom is 0.222 e. The van der Waals surface area contributed by atoms with Gasteiger partial charge in [0.25, 0.3) is 0 Å². The molecule has 0 atom stereocenters. The maximum absolute atomic E-state index is 12.6. The fraction of sp³-hybridized carbons (Fsp3) is 0.600. The lowest BCUT2D eigenvalue weighted by molar-refractivity contribution is -0.129. The summed E-state index contributed by atoms with van der Waals surface area (Å²) in [5.41, 5.74) is 3.72. The Kier molecular flexibility index (Phi) is 12.7. The minimum Gasteiger partial charge on any atom is -0.487 e. The van der Waals surface area contributed by atoms with E-state index in [0.29, 0.717) is 127 Å². The third-order valence-corrected chi connectivity index (χ3v) is 10.6. The number of amides is 4. The van der Waals surface area contributed by atoms with Crippen LogP contribution in [0.3, 0.4) is 0 Å². The summed E-state index contributed by atoms with van der Waals surface area (Å²) in [6.07, 6.45) is 5.53. The molecule has 0 N–H and O–H groups in total. The van der Waals surface area contributed by atoms with Gasteiger partial charge in [-0.2, -0.15) is 0 Å². The topological polar surface area (TPSA) is 137 Å². The maximum atomic E-state index is 12.6. The van der Waals surface area contributed by atoms with Gasteiger partial charge in [-0.25, -0.2) is 0 Å². The van der Waals surface area contributed by atoms with Crippen LogP contribution in [0.5, 0.6) is 23.0 Å². The summed E-state index contributed by atoms with van der Waals surface area (Å²) in [6.45, 7) is 6.80. The van der Waals surface area contributed by atoms with Crippen molar-refractivity contribution < 1.29 is 47.6 Å². The normalized spacial score (nSPS) is 20.6. The van der Waals surface area contributed by atoms with Crippen molar-refractivity contribution in [1.29, 1.82) is 0 Å². The molecule has 14 heteroatoms. The molecule has 0 bridgehead atoms. The second kappa shape index (κ2) is 18.2. The van der Waals surface area contributed by atoms with Gasteiger partial charge >= 0.3 is 0 Å². The molecular weight excluding hydrogens is 696 g/mol. The summed E-state index contributed by atoms with van der Waals surface area (Å²) in [6, 6.07) is 7.74. The zero-order valence-corrected chi connectivity index (χ0v) is 31.2. The monoisotopic (exact) mass is 748 g/mol. The van der Waals surface area contributed by atoms with Gasteiger partial charge in [0, 0.05) is 78.0 Å². The number of nitrogens with zero attached hydrogens (tertiary/aromatic N) is 4. The molecule has 54 heavy (non-hydrogen) atoms. The molecule has 292 valence electrons. The van der Waals surface area contributed by atoms with Gasteiger partial charge in [-0.3, -0.25) is 19.2 Å². The van der Waals surface area contributed by atoms with Crippen molar-refractivity contribution in [3.8, 4) is 23.0 Å². The standard InChI is InChI=1S/C40H52N4O10/c45-37-5-1-9-41(37)25-29-21-33-34(22-30(29)26-42-10-2-6-38(42)46)52-18-14-50-16-20-54-36-24-32(28-44-12-4-8-40(44)48)31(27-43-11-3-7-39(43)47)23-35(36)53-19-15-49-13-17-51-33/h21-24H,1-20,25-28H2. The zero-order valence-electron chi connectivity index (χ0n) is 31.2. The first kappa shape index (κ1) is 37.7. The highest BCUT2D eigenvalue weighted by Crippen LogP contribution is 2.36. The summed E-state index contributed by atoms with van der Waals surface area (Å²) >= 11 is 0. The molecule has 0 aromatic heterocycles. The average molecular weight is 749 g/mol. The van der Waals surface area contributed by atoms with E-state index in [1.165, 1.54) is 0 Å². The first-order valence-corrected chi connectivity index (χ1v) is 19.5. The first-order valence-electron chi connectivity index (χ1n) is 19.5. The molecular formula is C40H52N4O10. The predicted octanol–water partition coefficient (Wildman–Crippen LogP) is 3.44. The number of hydrogen-bond donors (Lipinski definition) is 0. The molecule has 0 radical (unpaired) electrons. The van der Waals surface area contributed by atoms with Gasteiger partial charge in [0.05, 0.1) is 26.4 Å². The molecule has 4 amide bonds. The summed E-state index contributed by atoms with van der Waals surface area (Å²) < 4.78 is 36.8. The third kappa shape index (κ3) is 9.56. The van der Waals surface area contributed by atoms with E-state index in [0.717, 1.165) is 47.9 Å². The number of fused-ring (bicyclic) bond motifs is 2. The number of ether oxygens (including phenoxy) is 6. The van der Waals surface area contributed by atoms with E-state index in [9.17, 15) is 19.2 Å². The SMILES string of the molecule is O=C1CCCN1Cc1cc2c(cc1CN1CCCC1=O)OCCOCCOc1cc(CN3CCCC3=O)c(CN3CCCC3=O)cc1OCCOCCO2. The fourth-order valence-electron chi connectivity index (χ4n) is 7.68. The van der Waals surface area contributed by atoms with Gasteiger partial charge in [-0.05, 0) is 72.2 Å². The van der Waals surface area contributed by atoms with E-state index in [1.807, 2.05) is 43.9 Å². The number of carbonyl (C=O) groups is 4. The van der Waals surface area contributed by atoms with Crippen LogP contribution in [0.4, 0.5) is 0 Å². The van der Waals surface area contributed by atoms with Crippen LogP contribution in [0.25, 0.3) is 0 Å². The molecule has 14 nitrogen and oxygen atoms in total. The van der Waals surface area contributed by atoms with Crippen molar-refractivity contribution in [2.75, 3.05) is 79.0 Å². The lowest BCUT2D eigenvalue weighted by atomic mass is 10.0. The van der Waals surface area contributed by atoms with Crippen LogP contribution in [0.15, 0.2) is 24.3 Å². The van der Waals surface area contributed by atoms with Gasteiger partial charge in [0.2, 0.25) is 23.6 Å². The minimum absolute atomic E-state index is 0.130. The number of benzene rings is 2. The van der Waals surface area contributed by atoms with Crippen molar-refractivity contribution in [3.05, 3.63) is 46.5 Å². The van der Waals surface area contributed by atoms with Gasteiger partial charge in [0.15, 0.2) is 23.0 Å². The molecule has 7 rings (SSSR count). The van der Waals surface area contributed by atoms with Crippen LogP contribution in [0.2, 0.25) is 0 Å². The Bertz CT molecular complexity index is 1440. The molecule has 0 saturated carbocycles. The first-order chi connectivity index (χ1) is 26.4. The van der Waals surface area contributed by atoms with Crippen LogP contribution in [0.1, 0.15) is 73.6 Å². The van der Waals surface area contributed by atoms with Gasteiger partial charge in [0.1, 0.15) is 26.4 Å². The highest BCUT2D eigenvalue weighted by atomic mass is 16.6. The van der Waals surface area contributed by atoms with Gasteiger partial charge < -0.3 is 48.0 Å². The average Bonchev–Trinajstić information content (AvgIpc) is 3.97. The predicted molar refractivity (Wildman–Crippen MR) is 195 cm³/mol. The van der Waals surface area contributed by atoms with E-state index in [-0.39, 0.29) is 50.1 Å². The molecule has 5 heterocycles. The van der Waals surface area contributed by atoms with Crippen LogP contribution < -0.4 is 18.9 Å². The fourth-order valence-corrected chi connectivity index (χ4v) is 7.68. The number of carbonyl (C=O) groups excluding carboxylic acids is 4. The quantitative estimate of drug-likeness (QED) is 0.395. The van der Waals surface area contributed by atoms with Crippen LogP contribution in [-0.4, -0.2) is 122 Å². The Labute approximate surface area is 316 Å². The van der Waals surface area contributed by atoms with Crippen LogP contribution in [-0.2, 0) is 54.8 Å². The Hall–Kier alpha value is -4.56. The number of rotatable bonds is 8. The molecule has 0 unspecified atom stereocenters. The smallest absolute Gasteiger partial charge is 0.222 e. The minimum atomic E-state index is 0.130. The van der Waals surface area contributed by atoms with E-state index in [4.69, 9.17) is 28.4 Å². The Morgan fingerprint density at radius 1 is 0.370 bits per heavy atom. The molecule has 5 aliphatic rings. The van der Waals surface area contributed by atoms with E-state index >= 15 is 0 Å². The Balaban J connectivity index is 1.05. The molecule has 2 aromatic rings. The number of likely N-dealkylation sites (tertiary alicyclic amines) is 4. The Morgan fingerprint density at radius 3 is 0.815 bits per heavy atom. The van der Waals surface area contributed by atoms with Crippen molar-refractivity contribution in [1.82, 2.24) is 19.6 Å². The van der Waals surface area contributed by atoms with Gasteiger partial charge in [-0.15, -0.1) is 0 Å². The Morgan fingerprint density at radius 2 is 0.611 bits per heavy atom. The summed E-state index contributed by atoms with van der Waals surface area (Å²) in [5, 5.41) is 0. The highest BCUT2D eigenvalue weighted by molar-refractivity contribution is 5.80. The largest absolute Gasteiger partial charge is 0.487 e.